The molecule has 2 aromatic heterocycles. The van der Waals surface area contributed by atoms with Gasteiger partial charge in [-0.2, -0.15) is 0 Å². The minimum atomic E-state index is -0.786. The number of ether oxygens (including phenoxy) is 1. The van der Waals surface area contributed by atoms with E-state index in [0.29, 0.717) is 19.1 Å². The Morgan fingerprint density at radius 3 is 2.66 bits per heavy atom. The fraction of sp³-hybridized carbons (Fsp3) is 0.208. The lowest BCUT2D eigenvalue weighted by Crippen LogP contribution is -2.24. The molecule has 0 fully saturated rings. The highest BCUT2D eigenvalue weighted by Crippen LogP contribution is 2.46. The zero-order valence-electron chi connectivity index (χ0n) is 17.8. The number of rotatable bonds is 6. The van der Waals surface area contributed by atoms with E-state index in [-0.39, 0.29) is 0 Å². The maximum atomic E-state index is 10.9. The van der Waals surface area contributed by atoms with Gasteiger partial charge in [-0.1, -0.05) is 47.7 Å². The van der Waals surface area contributed by atoms with E-state index in [2.05, 4.69) is 33.2 Å². The molecule has 0 aliphatic carbocycles. The number of nitrogens with zero attached hydrogens (tertiary/aromatic N) is 5. The summed E-state index contributed by atoms with van der Waals surface area (Å²) in [6, 6.07) is 14.2. The van der Waals surface area contributed by atoms with Gasteiger partial charge in [0.05, 0.1) is 5.69 Å². The van der Waals surface area contributed by atoms with Gasteiger partial charge in [0.25, 0.3) is 0 Å². The average molecular weight is 446 g/mol. The van der Waals surface area contributed by atoms with Crippen molar-refractivity contribution in [2.75, 3.05) is 18.7 Å². The third-order valence-electron chi connectivity index (χ3n) is 5.42. The predicted molar refractivity (Wildman–Crippen MR) is 123 cm³/mol. The molecule has 1 aliphatic heterocycles. The van der Waals surface area contributed by atoms with Crippen molar-refractivity contribution in [1.82, 2.24) is 19.5 Å². The van der Waals surface area contributed by atoms with E-state index < -0.39 is 6.10 Å². The van der Waals surface area contributed by atoms with Gasteiger partial charge in [-0.05, 0) is 30.2 Å². The number of benzene rings is 2. The monoisotopic (exact) mass is 445 g/mol. The Balaban J connectivity index is 1.45. The minimum absolute atomic E-state index is 0.380. The summed E-state index contributed by atoms with van der Waals surface area (Å²) in [5.74, 6) is 1.41. The second-order valence-corrected chi connectivity index (χ2v) is 8.69. The molecule has 32 heavy (non-hydrogen) atoms. The smallest absolute Gasteiger partial charge is 0.168 e. The van der Waals surface area contributed by atoms with E-state index in [1.54, 1.807) is 37.5 Å². The molecule has 2 aromatic carbocycles. The summed E-state index contributed by atoms with van der Waals surface area (Å²) in [5, 5.41) is 11.8. The van der Waals surface area contributed by atoms with Crippen LogP contribution < -0.4 is 4.90 Å². The molecule has 0 saturated heterocycles. The highest BCUT2D eigenvalue weighted by molar-refractivity contribution is 7.99. The number of aromatic nitrogens is 4. The fourth-order valence-corrected chi connectivity index (χ4v) is 4.79. The van der Waals surface area contributed by atoms with Gasteiger partial charge in [0.1, 0.15) is 23.7 Å². The van der Waals surface area contributed by atoms with Crippen LogP contribution in [0.25, 0.3) is 0 Å². The number of fused-ring (bicyclic) bond motifs is 2. The van der Waals surface area contributed by atoms with Crippen molar-refractivity contribution in [2.45, 2.75) is 29.5 Å². The lowest BCUT2D eigenvalue weighted by atomic mass is 10.1. The minimum Gasteiger partial charge on any atom is -0.380 e. The van der Waals surface area contributed by atoms with E-state index in [0.717, 1.165) is 38.1 Å². The number of hydrogen-bond acceptors (Lipinski definition) is 7. The first kappa shape index (κ1) is 20.7. The van der Waals surface area contributed by atoms with Crippen LogP contribution in [0.15, 0.2) is 77.2 Å². The fourth-order valence-electron chi connectivity index (χ4n) is 3.81. The summed E-state index contributed by atoms with van der Waals surface area (Å²) in [6.45, 7) is 3.00. The molecule has 8 heteroatoms. The number of anilines is 2. The van der Waals surface area contributed by atoms with Gasteiger partial charge in [-0.3, -0.25) is 4.90 Å². The standard InChI is InChI=1S/C24H23N5O2S/c1-16-3-6-18(7-4-16)21(30)22-26-11-12-28(22)14-17-5-8-20-19(13-17)29(15-31-2)23-24(32-20)27-10-9-25-23/h3-13,21,30H,14-15H2,1-2H3. The maximum Gasteiger partial charge on any atom is 0.168 e. The van der Waals surface area contributed by atoms with Crippen LogP contribution in [0.1, 0.15) is 28.6 Å². The molecule has 1 N–H and O–H groups in total. The van der Waals surface area contributed by atoms with Crippen molar-refractivity contribution in [3.05, 3.63) is 89.8 Å². The molecule has 0 saturated carbocycles. The summed E-state index contributed by atoms with van der Waals surface area (Å²) < 4.78 is 7.43. The van der Waals surface area contributed by atoms with Gasteiger partial charge < -0.3 is 14.4 Å². The summed E-state index contributed by atoms with van der Waals surface area (Å²) in [7, 11) is 1.67. The SMILES string of the molecule is COCN1c2cc(Cn3ccnc3C(O)c3ccc(C)cc3)ccc2Sc2nccnc21. The van der Waals surface area contributed by atoms with Gasteiger partial charge in [0.2, 0.25) is 0 Å². The van der Waals surface area contributed by atoms with Crippen molar-refractivity contribution in [3.8, 4) is 0 Å². The number of imidazole rings is 1. The lowest BCUT2D eigenvalue weighted by molar-refractivity contribution is 0.204. The lowest BCUT2D eigenvalue weighted by Gasteiger charge is -2.30. The number of aliphatic hydroxyl groups is 1. The van der Waals surface area contributed by atoms with Crippen LogP contribution in [0.2, 0.25) is 0 Å². The third kappa shape index (κ3) is 3.88. The maximum absolute atomic E-state index is 10.9. The van der Waals surface area contributed by atoms with Crippen LogP contribution in [0.4, 0.5) is 11.5 Å². The highest BCUT2D eigenvalue weighted by Gasteiger charge is 2.26. The quantitative estimate of drug-likeness (QED) is 0.474. The van der Waals surface area contributed by atoms with Crippen LogP contribution in [-0.2, 0) is 11.3 Å². The number of aliphatic hydroxyl groups excluding tert-OH is 1. The molecule has 162 valence electrons. The molecule has 0 radical (unpaired) electrons. The van der Waals surface area contributed by atoms with E-state index in [1.807, 2.05) is 46.9 Å². The van der Waals surface area contributed by atoms with Crippen molar-refractivity contribution in [2.24, 2.45) is 0 Å². The Kier molecular flexibility index (Phi) is 5.65. The van der Waals surface area contributed by atoms with E-state index >= 15 is 0 Å². The molecule has 7 nitrogen and oxygen atoms in total. The van der Waals surface area contributed by atoms with Crippen molar-refractivity contribution < 1.29 is 9.84 Å². The molecule has 1 unspecified atom stereocenters. The zero-order valence-corrected chi connectivity index (χ0v) is 18.7. The van der Waals surface area contributed by atoms with Crippen molar-refractivity contribution in [3.63, 3.8) is 0 Å². The Labute approximate surface area is 190 Å². The van der Waals surface area contributed by atoms with Gasteiger partial charge >= 0.3 is 0 Å². The number of methoxy groups -OCH3 is 1. The van der Waals surface area contributed by atoms with E-state index in [4.69, 9.17) is 4.74 Å². The van der Waals surface area contributed by atoms with E-state index in [9.17, 15) is 5.11 Å². The first-order valence-corrected chi connectivity index (χ1v) is 11.1. The molecule has 0 spiro atoms. The number of aryl methyl sites for hydroxylation is 1. The molecule has 3 heterocycles. The molecule has 0 bridgehead atoms. The van der Waals surface area contributed by atoms with Crippen LogP contribution >= 0.6 is 11.8 Å². The van der Waals surface area contributed by atoms with Gasteiger partial charge in [-0.25, -0.2) is 15.0 Å². The normalized spacial score (nSPS) is 13.5. The summed E-state index contributed by atoms with van der Waals surface area (Å²) >= 11 is 1.61. The van der Waals surface area contributed by atoms with Crippen molar-refractivity contribution in [1.29, 1.82) is 0 Å². The topological polar surface area (TPSA) is 76.3 Å². The van der Waals surface area contributed by atoms with Crippen LogP contribution in [-0.4, -0.2) is 38.5 Å². The zero-order chi connectivity index (χ0) is 22.1. The summed E-state index contributed by atoms with van der Waals surface area (Å²) in [4.78, 5) is 16.5. The molecule has 1 atom stereocenters. The summed E-state index contributed by atoms with van der Waals surface area (Å²) in [6.07, 6.45) is 6.24. The predicted octanol–water partition coefficient (Wildman–Crippen LogP) is 4.32. The molecular formula is C24H23N5O2S. The third-order valence-corrected chi connectivity index (χ3v) is 6.47. The second-order valence-electron chi connectivity index (χ2n) is 7.66. The van der Waals surface area contributed by atoms with Crippen molar-refractivity contribution >= 4 is 23.3 Å². The van der Waals surface area contributed by atoms with E-state index in [1.165, 1.54) is 0 Å². The first-order chi connectivity index (χ1) is 15.6. The van der Waals surface area contributed by atoms with Crippen LogP contribution in [0.5, 0.6) is 0 Å². The molecular weight excluding hydrogens is 422 g/mol. The molecule has 5 rings (SSSR count). The highest BCUT2D eigenvalue weighted by atomic mass is 32.2. The number of hydrogen-bond donors (Lipinski definition) is 1. The molecule has 1 aliphatic rings. The van der Waals surface area contributed by atoms with Crippen LogP contribution in [0.3, 0.4) is 0 Å². The average Bonchev–Trinajstić information content (AvgIpc) is 3.27. The van der Waals surface area contributed by atoms with Crippen LogP contribution in [0, 0.1) is 6.92 Å². The second kappa shape index (κ2) is 8.74. The van der Waals surface area contributed by atoms with Gasteiger partial charge in [0.15, 0.2) is 5.82 Å². The first-order valence-electron chi connectivity index (χ1n) is 10.3. The largest absolute Gasteiger partial charge is 0.380 e. The van der Waals surface area contributed by atoms with Gasteiger partial charge in [-0.15, -0.1) is 0 Å². The molecule has 0 amide bonds. The Morgan fingerprint density at radius 2 is 1.84 bits per heavy atom. The summed E-state index contributed by atoms with van der Waals surface area (Å²) in [5.41, 5.74) is 4.10. The molecule has 4 aromatic rings. The Morgan fingerprint density at radius 1 is 1.03 bits per heavy atom. The Hall–Kier alpha value is -3.20. The Bertz CT molecular complexity index is 1240. The van der Waals surface area contributed by atoms with Gasteiger partial charge in [0, 0.05) is 43.3 Å².